The van der Waals surface area contributed by atoms with Crippen molar-refractivity contribution in [2.75, 3.05) is 13.7 Å². The molecule has 2 bridgehead atoms. The number of hydrogen-bond donors (Lipinski definition) is 0. The van der Waals surface area contributed by atoms with E-state index in [0.717, 1.165) is 29.1 Å². The minimum absolute atomic E-state index is 0.269. The zero-order chi connectivity index (χ0) is 14.7. The molecule has 2 aliphatic heterocycles. The molecule has 114 valence electrons. The number of ketones is 1. The lowest BCUT2D eigenvalue weighted by molar-refractivity contribution is -0.123. The van der Waals surface area contributed by atoms with Gasteiger partial charge in [-0.1, -0.05) is 12.1 Å². The first kappa shape index (κ1) is 14.8. The Hall–Kier alpha value is -1.16. The minimum Gasteiger partial charge on any atom is -0.493 e. The highest BCUT2D eigenvalue weighted by molar-refractivity contribution is 8.00. The molecule has 3 nitrogen and oxygen atoms in total. The van der Waals surface area contributed by atoms with Crippen LogP contribution in [0.1, 0.15) is 32.1 Å². The average Bonchev–Trinajstić information content (AvgIpc) is 2.86. The third-order valence-corrected chi connectivity index (χ3v) is 6.05. The van der Waals surface area contributed by atoms with Crippen molar-refractivity contribution in [3.05, 3.63) is 24.3 Å². The van der Waals surface area contributed by atoms with Crippen LogP contribution in [-0.4, -0.2) is 30.0 Å². The standard InChI is InChI=1S/C17H22O3S/c1-19-16-4-2-3-5-17(16)20-9-8-15(18)12-10-13-6-7-14(11-12)21-13/h2-5,12-14H,6-11H2,1H3. The number of ether oxygens (including phenoxy) is 2. The van der Waals surface area contributed by atoms with E-state index < -0.39 is 0 Å². The number of para-hydroxylation sites is 2. The summed E-state index contributed by atoms with van der Waals surface area (Å²) in [5.41, 5.74) is 0. The van der Waals surface area contributed by atoms with Crippen LogP contribution < -0.4 is 9.47 Å². The van der Waals surface area contributed by atoms with Gasteiger partial charge in [0, 0.05) is 22.8 Å². The second-order valence-corrected chi connectivity index (χ2v) is 7.45. The van der Waals surface area contributed by atoms with Gasteiger partial charge in [-0.3, -0.25) is 4.79 Å². The molecule has 2 atom stereocenters. The number of rotatable bonds is 6. The minimum atomic E-state index is 0.269. The molecule has 1 aromatic carbocycles. The summed E-state index contributed by atoms with van der Waals surface area (Å²) in [6.45, 7) is 0.443. The van der Waals surface area contributed by atoms with Gasteiger partial charge in [0.05, 0.1) is 13.7 Å². The largest absolute Gasteiger partial charge is 0.493 e. The molecule has 2 fully saturated rings. The quantitative estimate of drug-likeness (QED) is 0.802. The molecular formula is C17H22O3S. The molecule has 2 saturated heterocycles. The third-order valence-electron chi connectivity index (χ3n) is 4.42. The number of methoxy groups -OCH3 is 1. The third kappa shape index (κ3) is 3.54. The van der Waals surface area contributed by atoms with Crippen LogP contribution in [0.3, 0.4) is 0 Å². The molecule has 0 aromatic heterocycles. The first-order valence-electron chi connectivity index (χ1n) is 7.70. The van der Waals surface area contributed by atoms with E-state index in [1.54, 1.807) is 7.11 Å². The summed E-state index contributed by atoms with van der Waals surface area (Å²) in [7, 11) is 1.63. The van der Waals surface area contributed by atoms with Crippen LogP contribution in [0, 0.1) is 5.92 Å². The SMILES string of the molecule is COc1ccccc1OCCC(=O)C1CC2CCC(C1)S2. The van der Waals surface area contributed by atoms with Gasteiger partial charge in [-0.05, 0) is 37.8 Å². The molecule has 0 radical (unpaired) electrons. The number of carbonyl (C=O) groups excluding carboxylic acids is 1. The van der Waals surface area contributed by atoms with Gasteiger partial charge >= 0.3 is 0 Å². The predicted octanol–water partition coefficient (Wildman–Crippen LogP) is 3.71. The highest BCUT2D eigenvalue weighted by Gasteiger charge is 2.37. The summed E-state index contributed by atoms with van der Waals surface area (Å²) in [5, 5.41) is 1.46. The van der Waals surface area contributed by atoms with Gasteiger partial charge in [0.1, 0.15) is 5.78 Å². The zero-order valence-corrected chi connectivity index (χ0v) is 13.2. The van der Waals surface area contributed by atoms with Crippen molar-refractivity contribution in [2.24, 2.45) is 5.92 Å². The average molecular weight is 306 g/mol. The zero-order valence-electron chi connectivity index (χ0n) is 12.4. The maximum Gasteiger partial charge on any atom is 0.161 e. The van der Waals surface area contributed by atoms with E-state index in [9.17, 15) is 4.79 Å². The topological polar surface area (TPSA) is 35.5 Å². The Bertz CT molecular complexity index is 491. The fraction of sp³-hybridized carbons (Fsp3) is 0.588. The number of carbonyl (C=O) groups is 1. The van der Waals surface area contributed by atoms with E-state index >= 15 is 0 Å². The van der Waals surface area contributed by atoms with Crippen LogP contribution in [0.2, 0.25) is 0 Å². The molecule has 0 saturated carbocycles. The van der Waals surface area contributed by atoms with Crippen LogP contribution in [0.4, 0.5) is 0 Å². The van der Waals surface area contributed by atoms with E-state index in [0.29, 0.717) is 24.6 Å². The molecule has 21 heavy (non-hydrogen) atoms. The van der Waals surface area contributed by atoms with Gasteiger partial charge in [0.25, 0.3) is 0 Å². The predicted molar refractivity (Wildman–Crippen MR) is 85.2 cm³/mol. The summed E-state index contributed by atoms with van der Waals surface area (Å²) < 4.78 is 11.0. The molecule has 0 amide bonds. The molecule has 0 aliphatic carbocycles. The van der Waals surface area contributed by atoms with E-state index in [1.807, 2.05) is 24.3 Å². The Kier molecular flexibility index (Phi) is 4.73. The Balaban J connectivity index is 1.48. The van der Waals surface area contributed by atoms with Gasteiger partial charge in [-0.25, -0.2) is 0 Å². The maximum absolute atomic E-state index is 12.3. The van der Waals surface area contributed by atoms with Crippen molar-refractivity contribution in [1.29, 1.82) is 0 Å². The lowest BCUT2D eigenvalue weighted by atomic mass is 9.93. The molecule has 2 heterocycles. The summed E-state index contributed by atoms with van der Waals surface area (Å²) in [6.07, 6.45) is 5.27. The smallest absolute Gasteiger partial charge is 0.161 e. The summed E-state index contributed by atoms with van der Waals surface area (Å²) in [5.74, 6) is 2.08. The van der Waals surface area contributed by atoms with Crippen molar-refractivity contribution in [3.8, 4) is 11.5 Å². The normalized spacial score (nSPS) is 27.4. The first-order chi connectivity index (χ1) is 10.3. The molecule has 0 N–H and O–H groups in total. The molecule has 4 heteroatoms. The van der Waals surface area contributed by atoms with Crippen molar-refractivity contribution in [3.63, 3.8) is 0 Å². The van der Waals surface area contributed by atoms with E-state index in [2.05, 4.69) is 11.8 Å². The summed E-state index contributed by atoms with van der Waals surface area (Å²) in [4.78, 5) is 12.3. The van der Waals surface area contributed by atoms with Gasteiger partial charge in [-0.2, -0.15) is 11.8 Å². The first-order valence-corrected chi connectivity index (χ1v) is 8.64. The Labute approximate surface area is 130 Å². The number of fused-ring (bicyclic) bond motifs is 2. The van der Waals surface area contributed by atoms with Crippen LogP contribution in [0.5, 0.6) is 11.5 Å². The summed E-state index contributed by atoms with van der Waals surface area (Å²) in [6, 6.07) is 7.57. The van der Waals surface area contributed by atoms with Crippen molar-refractivity contribution in [2.45, 2.75) is 42.6 Å². The number of hydrogen-bond acceptors (Lipinski definition) is 4. The molecular weight excluding hydrogens is 284 g/mol. The maximum atomic E-state index is 12.3. The highest BCUT2D eigenvalue weighted by atomic mass is 32.2. The van der Waals surface area contributed by atoms with Crippen molar-refractivity contribution < 1.29 is 14.3 Å². The van der Waals surface area contributed by atoms with Crippen LogP contribution in [0.25, 0.3) is 0 Å². The van der Waals surface area contributed by atoms with Crippen molar-refractivity contribution in [1.82, 2.24) is 0 Å². The summed E-state index contributed by atoms with van der Waals surface area (Å²) >= 11 is 2.10. The van der Waals surface area contributed by atoms with Gasteiger partial charge in [0.15, 0.2) is 11.5 Å². The van der Waals surface area contributed by atoms with E-state index in [-0.39, 0.29) is 5.92 Å². The Morgan fingerprint density at radius 2 is 1.86 bits per heavy atom. The van der Waals surface area contributed by atoms with Gasteiger partial charge in [-0.15, -0.1) is 0 Å². The number of benzene rings is 1. The van der Waals surface area contributed by atoms with Crippen LogP contribution in [0.15, 0.2) is 24.3 Å². The monoisotopic (exact) mass is 306 g/mol. The fourth-order valence-electron chi connectivity index (χ4n) is 3.32. The number of thioether (sulfide) groups is 1. The lowest BCUT2D eigenvalue weighted by Gasteiger charge is -2.26. The molecule has 2 aliphatic rings. The number of Topliss-reactive ketones (excluding diaryl/α,β-unsaturated/α-hetero) is 1. The fourth-order valence-corrected chi connectivity index (χ4v) is 5.10. The van der Waals surface area contributed by atoms with E-state index in [1.165, 1.54) is 12.8 Å². The van der Waals surface area contributed by atoms with Crippen LogP contribution >= 0.6 is 11.8 Å². The highest BCUT2D eigenvalue weighted by Crippen LogP contribution is 2.46. The van der Waals surface area contributed by atoms with Crippen LogP contribution in [-0.2, 0) is 4.79 Å². The Morgan fingerprint density at radius 1 is 1.19 bits per heavy atom. The Morgan fingerprint density at radius 3 is 2.52 bits per heavy atom. The molecule has 2 unspecified atom stereocenters. The van der Waals surface area contributed by atoms with Crippen molar-refractivity contribution >= 4 is 17.5 Å². The van der Waals surface area contributed by atoms with Gasteiger partial charge in [0.2, 0.25) is 0 Å². The molecule has 1 aromatic rings. The van der Waals surface area contributed by atoms with E-state index in [4.69, 9.17) is 9.47 Å². The second kappa shape index (κ2) is 6.73. The lowest BCUT2D eigenvalue weighted by Crippen LogP contribution is -2.25. The molecule has 3 rings (SSSR count). The molecule has 0 spiro atoms. The van der Waals surface area contributed by atoms with Gasteiger partial charge < -0.3 is 9.47 Å². The second-order valence-electron chi connectivity index (χ2n) is 5.84.